The molecule has 0 fully saturated rings. The number of rotatable bonds is 3. The largest absolute Gasteiger partial charge is 0.496 e. The second-order valence-corrected chi connectivity index (χ2v) is 4.93. The van der Waals surface area contributed by atoms with Gasteiger partial charge in [0.1, 0.15) is 11.6 Å². The van der Waals surface area contributed by atoms with Gasteiger partial charge >= 0.3 is 0 Å². The second-order valence-electron chi connectivity index (χ2n) is 4.93. The van der Waals surface area contributed by atoms with E-state index in [1.165, 1.54) is 0 Å². The van der Waals surface area contributed by atoms with Crippen LogP contribution in [0, 0.1) is 0 Å². The van der Waals surface area contributed by atoms with Crippen LogP contribution >= 0.6 is 0 Å². The van der Waals surface area contributed by atoms with Crippen molar-refractivity contribution in [1.29, 1.82) is 0 Å². The molecule has 0 aliphatic carbocycles. The highest BCUT2D eigenvalue weighted by atomic mass is 16.5. The predicted molar refractivity (Wildman–Crippen MR) is 88.9 cm³/mol. The van der Waals surface area contributed by atoms with Crippen LogP contribution in [0.1, 0.15) is 11.4 Å². The van der Waals surface area contributed by atoms with Crippen LogP contribution in [0.2, 0.25) is 0 Å². The van der Waals surface area contributed by atoms with Gasteiger partial charge in [0, 0.05) is 12.6 Å². The number of para-hydroxylation sites is 2. The Morgan fingerprint density at radius 1 is 1.05 bits per heavy atom. The van der Waals surface area contributed by atoms with Gasteiger partial charge in [0.25, 0.3) is 5.56 Å². The molecule has 0 radical (unpaired) electrons. The van der Waals surface area contributed by atoms with E-state index in [4.69, 9.17) is 4.74 Å². The van der Waals surface area contributed by atoms with Crippen molar-refractivity contribution >= 4 is 23.1 Å². The number of hydrogen-bond acceptors (Lipinski definition) is 3. The first-order valence-electron chi connectivity index (χ1n) is 6.97. The SMILES string of the molecule is COc1ccccc1/C=C/c1nc2ccccc2c(=O)n1C. The molecule has 0 aliphatic heterocycles. The lowest BCUT2D eigenvalue weighted by atomic mass is 10.2. The molecule has 4 heteroatoms. The molecule has 22 heavy (non-hydrogen) atoms. The van der Waals surface area contributed by atoms with E-state index in [2.05, 4.69) is 4.98 Å². The highest BCUT2D eigenvalue weighted by Crippen LogP contribution is 2.19. The zero-order valence-corrected chi connectivity index (χ0v) is 12.5. The molecular formula is C18H16N2O2. The first-order chi connectivity index (χ1) is 10.7. The Kier molecular flexibility index (Phi) is 3.74. The number of hydrogen-bond donors (Lipinski definition) is 0. The summed E-state index contributed by atoms with van der Waals surface area (Å²) in [6.07, 6.45) is 3.72. The number of fused-ring (bicyclic) bond motifs is 1. The summed E-state index contributed by atoms with van der Waals surface area (Å²) in [7, 11) is 3.36. The molecule has 0 unspecified atom stereocenters. The lowest BCUT2D eigenvalue weighted by Gasteiger charge is -2.06. The third kappa shape index (κ3) is 2.51. The minimum absolute atomic E-state index is 0.0507. The molecule has 3 aromatic rings. The monoisotopic (exact) mass is 292 g/mol. The van der Waals surface area contributed by atoms with Crippen LogP contribution in [0.15, 0.2) is 53.3 Å². The summed E-state index contributed by atoms with van der Waals surface area (Å²) in [5, 5.41) is 0.624. The van der Waals surface area contributed by atoms with E-state index >= 15 is 0 Å². The fraction of sp³-hybridized carbons (Fsp3) is 0.111. The molecule has 3 rings (SSSR count). The molecular weight excluding hydrogens is 276 g/mol. The van der Waals surface area contributed by atoms with Gasteiger partial charge in [-0.3, -0.25) is 9.36 Å². The molecule has 110 valence electrons. The summed E-state index contributed by atoms with van der Waals surface area (Å²) in [5.74, 6) is 1.39. The minimum Gasteiger partial charge on any atom is -0.496 e. The van der Waals surface area contributed by atoms with Crippen molar-refractivity contribution in [2.45, 2.75) is 0 Å². The Morgan fingerprint density at radius 3 is 2.59 bits per heavy atom. The third-order valence-corrected chi connectivity index (χ3v) is 3.57. The van der Waals surface area contributed by atoms with Crippen LogP contribution in [0.25, 0.3) is 23.1 Å². The first-order valence-corrected chi connectivity index (χ1v) is 6.97. The fourth-order valence-electron chi connectivity index (χ4n) is 2.35. The van der Waals surface area contributed by atoms with E-state index < -0.39 is 0 Å². The third-order valence-electron chi connectivity index (χ3n) is 3.57. The molecule has 0 aliphatic rings. The summed E-state index contributed by atoms with van der Waals surface area (Å²) in [6.45, 7) is 0. The van der Waals surface area contributed by atoms with Crippen LogP contribution < -0.4 is 10.3 Å². The van der Waals surface area contributed by atoms with Crippen molar-refractivity contribution in [3.63, 3.8) is 0 Å². The van der Waals surface area contributed by atoms with Gasteiger partial charge in [0.2, 0.25) is 0 Å². The molecule has 0 atom stereocenters. The maximum Gasteiger partial charge on any atom is 0.261 e. The average molecular weight is 292 g/mol. The summed E-state index contributed by atoms with van der Waals surface area (Å²) in [6, 6.07) is 15.1. The Labute approximate surface area is 128 Å². The van der Waals surface area contributed by atoms with Crippen LogP contribution in [0.4, 0.5) is 0 Å². The number of aromatic nitrogens is 2. The molecule has 0 saturated carbocycles. The van der Waals surface area contributed by atoms with Gasteiger partial charge in [-0.15, -0.1) is 0 Å². The van der Waals surface area contributed by atoms with Gasteiger partial charge in [0.15, 0.2) is 0 Å². The van der Waals surface area contributed by atoms with E-state index in [-0.39, 0.29) is 5.56 Å². The van der Waals surface area contributed by atoms with Crippen molar-refractivity contribution in [2.75, 3.05) is 7.11 Å². The Hall–Kier alpha value is -2.88. The van der Waals surface area contributed by atoms with Gasteiger partial charge in [-0.25, -0.2) is 4.98 Å². The number of benzene rings is 2. The summed E-state index contributed by atoms with van der Waals surface area (Å²) in [4.78, 5) is 16.9. The van der Waals surface area contributed by atoms with Gasteiger partial charge in [0.05, 0.1) is 18.0 Å². The molecule has 2 aromatic carbocycles. The number of ether oxygens (including phenoxy) is 1. The molecule has 1 aromatic heterocycles. The maximum atomic E-state index is 12.3. The van der Waals surface area contributed by atoms with Crippen molar-refractivity contribution < 1.29 is 4.74 Å². The minimum atomic E-state index is -0.0507. The second kappa shape index (κ2) is 5.85. The van der Waals surface area contributed by atoms with Crippen LogP contribution in [0.3, 0.4) is 0 Å². The van der Waals surface area contributed by atoms with Gasteiger partial charge < -0.3 is 4.74 Å². The molecule has 0 spiro atoms. The molecule has 0 saturated heterocycles. The van der Waals surface area contributed by atoms with E-state index in [1.54, 1.807) is 24.8 Å². The van der Waals surface area contributed by atoms with E-state index in [1.807, 2.05) is 54.6 Å². The van der Waals surface area contributed by atoms with Crippen LogP contribution in [-0.2, 0) is 7.05 Å². The van der Waals surface area contributed by atoms with Gasteiger partial charge in [-0.2, -0.15) is 0 Å². The quantitative estimate of drug-likeness (QED) is 0.745. The van der Waals surface area contributed by atoms with Crippen LogP contribution in [0.5, 0.6) is 5.75 Å². The van der Waals surface area contributed by atoms with Crippen molar-refractivity contribution in [3.05, 3.63) is 70.3 Å². The Morgan fingerprint density at radius 2 is 1.77 bits per heavy atom. The molecule has 0 N–H and O–H groups in total. The highest BCUT2D eigenvalue weighted by molar-refractivity contribution is 5.79. The van der Waals surface area contributed by atoms with Crippen molar-refractivity contribution in [2.24, 2.45) is 7.05 Å². The fourth-order valence-corrected chi connectivity index (χ4v) is 2.35. The molecule has 0 amide bonds. The summed E-state index contributed by atoms with van der Waals surface area (Å²) >= 11 is 0. The van der Waals surface area contributed by atoms with Crippen molar-refractivity contribution in [3.8, 4) is 5.75 Å². The highest BCUT2D eigenvalue weighted by Gasteiger charge is 2.05. The first kappa shape index (κ1) is 14.1. The standard InChI is InChI=1S/C18H16N2O2/c1-20-17(12-11-13-7-3-6-10-16(13)22-2)19-15-9-5-4-8-14(15)18(20)21/h3-12H,1-2H3/b12-11+. The van der Waals surface area contributed by atoms with Gasteiger partial charge in [-0.1, -0.05) is 30.3 Å². The Balaban J connectivity index is 2.09. The molecule has 0 bridgehead atoms. The normalized spacial score (nSPS) is 11.2. The zero-order valence-electron chi connectivity index (χ0n) is 12.5. The topological polar surface area (TPSA) is 44.1 Å². The smallest absolute Gasteiger partial charge is 0.261 e. The van der Waals surface area contributed by atoms with E-state index in [9.17, 15) is 4.79 Å². The Bertz CT molecular complexity index is 910. The predicted octanol–water partition coefficient (Wildman–Crippen LogP) is 3.11. The van der Waals surface area contributed by atoms with E-state index in [0.29, 0.717) is 16.7 Å². The maximum absolute atomic E-state index is 12.3. The molecule has 4 nitrogen and oxygen atoms in total. The molecule has 1 heterocycles. The summed E-state index contributed by atoms with van der Waals surface area (Å²) < 4.78 is 6.87. The number of methoxy groups -OCH3 is 1. The lowest BCUT2D eigenvalue weighted by Crippen LogP contribution is -2.20. The summed E-state index contributed by atoms with van der Waals surface area (Å²) in [5.41, 5.74) is 1.59. The number of nitrogens with zero attached hydrogens (tertiary/aromatic N) is 2. The van der Waals surface area contributed by atoms with Gasteiger partial charge in [-0.05, 0) is 30.4 Å². The lowest BCUT2D eigenvalue weighted by molar-refractivity contribution is 0.414. The van der Waals surface area contributed by atoms with Crippen molar-refractivity contribution in [1.82, 2.24) is 9.55 Å². The zero-order chi connectivity index (χ0) is 15.5. The van der Waals surface area contributed by atoms with Crippen LogP contribution in [-0.4, -0.2) is 16.7 Å². The average Bonchev–Trinajstić information content (AvgIpc) is 2.57. The van der Waals surface area contributed by atoms with E-state index in [0.717, 1.165) is 11.3 Å².